The zero-order valence-corrected chi connectivity index (χ0v) is 29.6. The maximum absolute atomic E-state index is 16.2. The van der Waals surface area contributed by atoms with Gasteiger partial charge in [0, 0.05) is 12.1 Å². The van der Waals surface area contributed by atoms with Gasteiger partial charge in [-0.15, -0.1) is 4.58 Å². The van der Waals surface area contributed by atoms with E-state index in [9.17, 15) is 13.2 Å². The Kier molecular flexibility index (Phi) is 12.2. The van der Waals surface area contributed by atoms with Gasteiger partial charge < -0.3 is 9.08 Å². The van der Waals surface area contributed by atoms with Gasteiger partial charge in [0.25, 0.3) is 14.7 Å². The van der Waals surface area contributed by atoms with E-state index in [0.29, 0.717) is 0 Å². The Morgan fingerprint density at radius 3 is 1.04 bits per heavy atom. The van der Waals surface area contributed by atoms with E-state index in [2.05, 4.69) is 0 Å². The fraction of sp³-hybridized carbons (Fsp3) is 0.265. The number of hydrogen-bond acceptors (Lipinski definition) is 2. The fourth-order valence-electron chi connectivity index (χ4n) is 6.18. The lowest BCUT2D eigenvalue weighted by molar-refractivity contribution is -0.491. The van der Waals surface area contributed by atoms with Crippen LogP contribution < -0.4 is 16.4 Å². The minimum Gasteiger partial charge on any atom is -0.625 e. The molecule has 0 radical (unpaired) electrons. The van der Waals surface area contributed by atoms with Crippen LogP contribution in [0.15, 0.2) is 30.3 Å². The molecule has 0 aliphatic heterocycles. The summed E-state index contributed by atoms with van der Waals surface area (Å²) >= 11 is 0. The maximum Gasteiger partial charge on any atom is 0.492 e. The van der Waals surface area contributed by atoms with E-state index < -0.39 is 130 Å². The van der Waals surface area contributed by atoms with Crippen molar-refractivity contribution in [3.05, 3.63) is 118 Å². The molecular formula is C34H27BF15NO2Si. The molecule has 0 aromatic heterocycles. The third-order valence-electron chi connectivity index (χ3n) is 9.21. The molecule has 0 bridgehead atoms. The summed E-state index contributed by atoms with van der Waals surface area (Å²) in [7, 11) is -3.48. The molecule has 0 heterocycles. The van der Waals surface area contributed by atoms with Crippen LogP contribution in [-0.2, 0) is 9.08 Å². The summed E-state index contributed by atoms with van der Waals surface area (Å²) in [6.07, 6.45) is -7.75. The summed E-state index contributed by atoms with van der Waals surface area (Å²) in [5.74, 6) is -47.0. The Hall–Kier alpha value is -4.62. The second kappa shape index (κ2) is 15.6. The molecule has 0 saturated carbocycles. The summed E-state index contributed by atoms with van der Waals surface area (Å²) in [5.41, 5.74) is -8.79. The van der Waals surface area contributed by atoms with Crippen molar-refractivity contribution in [2.75, 3.05) is 0 Å². The fourth-order valence-corrected chi connectivity index (χ4v) is 8.63. The zero-order chi connectivity index (χ0) is 40.8. The summed E-state index contributed by atoms with van der Waals surface area (Å²) in [6.45, 7) is 7.24. The number of rotatable bonds is 10. The Labute approximate surface area is 298 Å². The van der Waals surface area contributed by atoms with Crippen molar-refractivity contribution in [2.45, 2.75) is 58.8 Å². The first-order valence-corrected chi connectivity index (χ1v) is 18.5. The van der Waals surface area contributed by atoms with Crippen molar-refractivity contribution in [3.8, 4) is 0 Å². The predicted octanol–water partition coefficient (Wildman–Crippen LogP) is 8.89. The van der Waals surface area contributed by atoms with Gasteiger partial charge in [-0.25, -0.2) is 65.9 Å². The SMILES string of the molecule is CC[Si](CC)(CC)OC(O[B-](c1c(F)c(F)c(F)c(F)c1F)(c1c(F)c(F)c(F)c(F)c1F)c1c(F)c(F)c(F)c(F)c1F)=[N+](c1ccccc1)C(C)C. The molecule has 292 valence electrons. The third-order valence-corrected chi connectivity index (χ3v) is 13.7. The van der Waals surface area contributed by atoms with Crippen molar-refractivity contribution >= 4 is 42.8 Å². The lowest BCUT2D eigenvalue weighted by Gasteiger charge is -2.44. The number of para-hydroxylation sites is 1. The molecule has 0 aliphatic carbocycles. The van der Waals surface area contributed by atoms with E-state index in [1.807, 2.05) is 0 Å². The molecule has 0 aliphatic rings. The highest BCUT2D eigenvalue weighted by Crippen LogP contribution is 2.31. The zero-order valence-electron chi connectivity index (χ0n) is 28.6. The number of halogens is 15. The average molecular weight is 805 g/mol. The van der Waals surface area contributed by atoms with Gasteiger partial charge in [-0.2, -0.15) is 0 Å². The maximum atomic E-state index is 16.2. The standard InChI is InChI=1S/C34H27BF15NO2Si/c1-6-54(7-2,8-3)53-34(51(14(4)5)15-12-10-9-11-13-15)52-35(16-19(36)25(42)31(48)26(43)20(16)37,17-21(38)27(44)32(49)28(45)22(17)39)18-23(40)29(46)33(50)30(47)24(18)41/h9-14H,6-8H2,1-5H3. The van der Waals surface area contributed by atoms with Crippen LogP contribution in [0.25, 0.3) is 0 Å². The van der Waals surface area contributed by atoms with E-state index >= 15 is 52.7 Å². The van der Waals surface area contributed by atoms with Crippen LogP contribution in [0.5, 0.6) is 0 Å². The van der Waals surface area contributed by atoms with Gasteiger partial charge >= 0.3 is 6.08 Å². The van der Waals surface area contributed by atoms with Crippen LogP contribution in [0.4, 0.5) is 71.5 Å². The first kappa shape index (κ1) is 42.1. The van der Waals surface area contributed by atoms with Gasteiger partial charge in [-0.1, -0.05) is 55.4 Å². The lowest BCUT2D eigenvalue weighted by Crippen LogP contribution is -2.76. The minimum atomic E-state index is -6.38. The molecule has 0 amide bonds. The molecule has 0 unspecified atom stereocenters. The molecule has 4 aromatic rings. The van der Waals surface area contributed by atoms with Crippen molar-refractivity contribution in [1.82, 2.24) is 0 Å². The van der Waals surface area contributed by atoms with Gasteiger partial charge in [0.1, 0.15) is 34.9 Å². The number of hydrogen-bond donors (Lipinski definition) is 0. The monoisotopic (exact) mass is 805 g/mol. The molecule has 3 nitrogen and oxygen atoms in total. The lowest BCUT2D eigenvalue weighted by atomic mass is 9.27. The van der Waals surface area contributed by atoms with Gasteiger partial charge in [0.2, 0.25) is 5.69 Å². The largest absolute Gasteiger partial charge is 0.625 e. The summed E-state index contributed by atoms with van der Waals surface area (Å²) in [4.78, 5) is 0. The minimum absolute atomic E-state index is 0.0567. The smallest absolute Gasteiger partial charge is 0.492 e. The van der Waals surface area contributed by atoms with E-state index in [-0.39, 0.29) is 23.8 Å². The number of benzene rings is 4. The van der Waals surface area contributed by atoms with E-state index in [1.165, 1.54) is 65.0 Å². The second-order valence-corrected chi connectivity index (χ2v) is 17.0. The van der Waals surface area contributed by atoms with E-state index in [1.54, 1.807) is 0 Å². The van der Waals surface area contributed by atoms with Gasteiger partial charge in [-0.05, 0) is 32.0 Å². The Bertz CT molecular complexity index is 1880. The van der Waals surface area contributed by atoms with Crippen molar-refractivity contribution in [2.24, 2.45) is 0 Å². The summed E-state index contributed by atoms with van der Waals surface area (Å²) in [5, 5.41) is 0. The molecule has 0 fully saturated rings. The summed E-state index contributed by atoms with van der Waals surface area (Å²) in [6, 6.07) is 5.71. The Morgan fingerprint density at radius 2 is 0.778 bits per heavy atom. The van der Waals surface area contributed by atoms with Gasteiger partial charge in [-0.3, -0.25) is 0 Å². The molecule has 0 N–H and O–H groups in total. The highest BCUT2D eigenvalue weighted by Gasteiger charge is 2.53. The molecule has 0 atom stereocenters. The Balaban J connectivity index is 2.55. The highest BCUT2D eigenvalue weighted by molar-refractivity contribution is 7.08. The second-order valence-electron chi connectivity index (χ2n) is 12.3. The molecule has 0 spiro atoms. The topological polar surface area (TPSA) is 21.5 Å². The molecule has 4 aromatic carbocycles. The van der Waals surface area contributed by atoms with Crippen LogP contribution in [0, 0.1) is 87.3 Å². The van der Waals surface area contributed by atoms with Crippen LogP contribution in [0.3, 0.4) is 0 Å². The van der Waals surface area contributed by atoms with Crippen LogP contribution >= 0.6 is 0 Å². The molecule has 20 heteroatoms. The molecule has 54 heavy (non-hydrogen) atoms. The summed E-state index contributed by atoms with van der Waals surface area (Å²) < 4.78 is 244. The van der Waals surface area contributed by atoms with Crippen LogP contribution in [-0.4, -0.2) is 31.4 Å². The predicted molar refractivity (Wildman–Crippen MR) is 169 cm³/mol. The first-order valence-electron chi connectivity index (χ1n) is 16.0. The average Bonchev–Trinajstić information content (AvgIpc) is 3.15. The van der Waals surface area contributed by atoms with E-state index in [0.717, 1.165) is 4.58 Å². The van der Waals surface area contributed by atoms with Gasteiger partial charge in [0.05, 0.1) is 0 Å². The molecular weight excluding hydrogens is 778 g/mol. The normalized spacial score (nSPS) is 12.8. The molecule has 4 rings (SSSR count). The van der Waals surface area contributed by atoms with Gasteiger partial charge in [0.15, 0.2) is 58.4 Å². The highest BCUT2D eigenvalue weighted by atomic mass is 28.4. The molecule has 0 saturated heterocycles. The van der Waals surface area contributed by atoms with Crippen LogP contribution in [0.1, 0.15) is 34.6 Å². The Morgan fingerprint density at radius 1 is 0.500 bits per heavy atom. The van der Waals surface area contributed by atoms with Crippen molar-refractivity contribution < 1.29 is 79.5 Å². The van der Waals surface area contributed by atoms with Crippen LogP contribution in [0.2, 0.25) is 18.1 Å². The quantitative estimate of drug-likeness (QED) is 0.0304. The third kappa shape index (κ3) is 6.59. The van der Waals surface area contributed by atoms with Crippen molar-refractivity contribution in [3.63, 3.8) is 0 Å². The number of nitrogens with zero attached hydrogens (tertiary/aromatic N) is 1. The van der Waals surface area contributed by atoms with E-state index in [4.69, 9.17) is 9.08 Å². The van der Waals surface area contributed by atoms with Crippen molar-refractivity contribution in [1.29, 1.82) is 0 Å². The first-order chi connectivity index (χ1) is 25.2.